The molecule has 0 aliphatic carbocycles. The van der Waals surface area contributed by atoms with Gasteiger partial charge in [0.15, 0.2) is 5.83 Å². The summed E-state index contributed by atoms with van der Waals surface area (Å²) in [6, 6.07) is 0.0394. The second-order valence-electron chi connectivity index (χ2n) is 3.07. The average Bonchev–Trinajstić information content (AvgIpc) is 2.36. The molecule has 68 valence electrons. The first kappa shape index (κ1) is 9.19. The molecular formula is C8H13FN2O. The monoisotopic (exact) mass is 172 g/mol. The molecule has 1 aliphatic heterocycles. The molecular weight excluding hydrogens is 159 g/mol. The highest BCUT2D eigenvalue weighted by molar-refractivity contribution is 5.89. The number of rotatable bonds is 2. The standard InChI is InChI=1S/C8H13FN2O/c1-11-4-2-3-6(11)5-7(9)8(10)12/h5-6H,2-4H2,1H3,(H2,10,12)/t6-/m1/s1. The molecule has 1 heterocycles. The molecule has 1 saturated heterocycles. The van der Waals surface area contributed by atoms with Crippen LogP contribution >= 0.6 is 0 Å². The molecule has 1 atom stereocenters. The summed E-state index contributed by atoms with van der Waals surface area (Å²) in [5, 5.41) is 0. The van der Waals surface area contributed by atoms with Crippen LogP contribution in [0.25, 0.3) is 0 Å². The minimum Gasteiger partial charge on any atom is -0.364 e. The summed E-state index contributed by atoms with van der Waals surface area (Å²) in [7, 11) is 1.91. The maximum atomic E-state index is 12.7. The number of primary amides is 1. The summed E-state index contributed by atoms with van der Waals surface area (Å²) in [6.07, 6.45) is 3.25. The van der Waals surface area contributed by atoms with E-state index in [1.807, 2.05) is 11.9 Å². The van der Waals surface area contributed by atoms with Crippen molar-refractivity contribution in [1.29, 1.82) is 0 Å². The number of nitrogens with zero attached hydrogens (tertiary/aromatic N) is 1. The zero-order valence-electron chi connectivity index (χ0n) is 7.09. The highest BCUT2D eigenvalue weighted by atomic mass is 19.1. The van der Waals surface area contributed by atoms with Crippen molar-refractivity contribution in [3.63, 3.8) is 0 Å². The number of carbonyl (C=O) groups excluding carboxylic acids is 1. The van der Waals surface area contributed by atoms with Crippen LogP contribution < -0.4 is 5.73 Å². The van der Waals surface area contributed by atoms with Crippen LogP contribution in [0, 0.1) is 0 Å². The van der Waals surface area contributed by atoms with Crippen LogP contribution in [-0.4, -0.2) is 30.4 Å². The smallest absolute Gasteiger partial charge is 0.277 e. The Labute approximate surface area is 71.0 Å². The van der Waals surface area contributed by atoms with Gasteiger partial charge in [-0.1, -0.05) is 0 Å². The first-order valence-electron chi connectivity index (χ1n) is 3.98. The zero-order chi connectivity index (χ0) is 9.14. The van der Waals surface area contributed by atoms with Crippen molar-refractivity contribution < 1.29 is 9.18 Å². The molecule has 0 aromatic heterocycles. The predicted molar refractivity (Wildman–Crippen MR) is 44.0 cm³/mol. The van der Waals surface area contributed by atoms with E-state index in [-0.39, 0.29) is 6.04 Å². The van der Waals surface area contributed by atoms with Crippen molar-refractivity contribution in [2.75, 3.05) is 13.6 Å². The number of amides is 1. The number of nitrogens with two attached hydrogens (primary N) is 1. The number of carbonyl (C=O) groups is 1. The molecule has 0 radical (unpaired) electrons. The first-order valence-corrected chi connectivity index (χ1v) is 3.98. The Kier molecular flexibility index (Phi) is 2.81. The van der Waals surface area contributed by atoms with Crippen LogP contribution in [0.5, 0.6) is 0 Å². The second kappa shape index (κ2) is 3.67. The van der Waals surface area contributed by atoms with Gasteiger partial charge in [-0.25, -0.2) is 4.39 Å². The molecule has 0 saturated carbocycles. The van der Waals surface area contributed by atoms with E-state index in [4.69, 9.17) is 5.73 Å². The Hall–Kier alpha value is -0.900. The minimum absolute atomic E-state index is 0.0394. The van der Waals surface area contributed by atoms with E-state index in [1.165, 1.54) is 6.08 Å². The van der Waals surface area contributed by atoms with Crippen molar-refractivity contribution in [3.05, 3.63) is 11.9 Å². The van der Waals surface area contributed by atoms with Gasteiger partial charge >= 0.3 is 0 Å². The molecule has 3 nitrogen and oxygen atoms in total. The van der Waals surface area contributed by atoms with Gasteiger partial charge in [0.25, 0.3) is 5.91 Å². The fraction of sp³-hybridized carbons (Fsp3) is 0.625. The molecule has 1 amide bonds. The van der Waals surface area contributed by atoms with Gasteiger partial charge in [0.2, 0.25) is 0 Å². The van der Waals surface area contributed by atoms with Gasteiger partial charge in [0.05, 0.1) is 0 Å². The van der Waals surface area contributed by atoms with Gasteiger partial charge in [-0.3, -0.25) is 9.69 Å². The minimum atomic E-state index is -0.977. The molecule has 2 N–H and O–H groups in total. The number of halogens is 1. The highest BCUT2D eigenvalue weighted by Crippen LogP contribution is 2.17. The van der Waals surface area contributed by atoms with Crippen molar-refractivity contribution in [3.8, 4) is 0 Å². The lowest BCUT2D eigenvalue weighted by Gasteiger charge is -2.14. The normalized spacial score (nSPS) is 26.2. The quantitative estimate of drug-likeness (QED) is 0.613. The molecule has 1 aliphatic rings. The largest absolute Gasteiger partial charge is 0.364 e. The summed E-state index contributed by atoms with van der Waals surface area (Å²) in [5.41, 5.74) is 4.76. The lowest BCUT2D eigenvalue weighted by Crippen LogP contribution is -2.24. The van der Waals surface area contributed by atoms with Crippen LogP contribution in [0.1, 0.15) is 12.8 Å². The Morgan fingerprint density at radius 1 is 1.75 bits per heavy atom. The van der Waals surface area contributed by atoms with Crippen molar-refractivity contribution >= 4 is 5.91 Å². The molecule has 0 aromatic rings. The lowest BCUT2D eigenvalue weighted by molar-refractivity contribution is -0.115. The summed E-state index contributed by atoms with van der Waals surface area (Å²) in [6.45, 7) is 0.952. The Balaban J connectivity index is 2.59. The number of hydrogen-bond acceptors (Lipinski definition) is 2. The van der Waals surface area contributed by atoms with E-state index >= 15 is 0 Å². The summed E-state index contributed by atoms with van der Waals surface area (Å²) < 4.78 is 12.7. The molecule has 1 fully saturated rings. The fourth-order valence-electron chi connectivity index (χ4n) is 1.40. The van der Waals surface area contributed by atoms with E-state index in [0.29, 0.717) is 0 Å². The third kappa shape index (κ3) is 2.04. The van der Waals surface area contributed by atoms with E-state index in [1.54, 1.807) is 0 Å². The molecule has 0 spiro atoms. The van der Waals surface area contributed by atoms with Crippen LogP contribution in [0.2, 0.25) is 0 Å². The molecule has 1 rings (SSSR count). The van der Waals surface area contributed by atoms with Crippen LogP contribution in [-0.2, 0) is 4.79 Å². The number of hydrogen-bond donors (Lipinski definition) is 1. The van der Waals surface area contributed by atoms with Gasteiger partial charge in [-0.05, 0) is 32.5 Å². The topological polar surface area (TPSA) is 46.3 Å². The maximum Gasteiger partial charge on any atom is 0.277 e. The molecule has 12 heavy (non-hydrogen) atoms. The van der Waals surface area contributed by atoms with Gasteiger partial charge < -0.3 is 5.73 Å². The van der Waals surface area contributed by atoms with Gasteiger partial charge in [0.1, 0.15) is 0 Å². The highest BCUT2D eigenvalue weighted by Gasteiger charge is 2.20. The third-order valence-corrected chi connectivity index (χ3v) is 2.15. The number of likely N-dealkylation sites (tertiary alicyclic amines) is 1. The van der Waals surface area contributed by atoms with E-state index in [2.05, 4.69) is 0 Å². The Morgan fingerprint density at radius 3 is 2.83 bits per heavy atom. The third-order valence-electron chi connectivity index (χ3n) is 2.15. The van der Waals surface area contributed by atoms with Gasteiger partial charge in [-0.2, -0.15) is 0 Å². The Morgan fingerprint density at radius 2 is 2.42 bits per heavy atom. The van der Waals surface area contributed by atoms with E-state index in [0.717, 1.165) is 19.4 Å². The maximum absolute atomic E-state index is 12.7. The SMILES string of the molecule is CN1CCC[C@@H]1C=C(F)C(N)=O. The van der Waals surface area contributed by atoms with Crippen LogP contribution in [0.4, 0.5) is 4.39 Å². The van der Waals surface area contributed by atoms with Crippen LogP contribution in [0.15, 0.2) is 11.9 Å². The summed E-state index contributed by atoms with van der Waals surface area (Å²) in [5.74, 6) is -1.80. The first-order chi connectivity index (χ1) is 5.61. The van der Waals surface area contributed by atoms with E-state index in [9.17, 15) is 9.18 Å². The average molecular weight is 172 g/mol. The predicted octanol–water partition coefficient (Wildman–Crippen LogP) is 0.419. The molecule has 0 unspecified atom stereocenters. The molecule has 0 aromatic carbocycles. The van der Waals surface area contributed by atoms with Crippen LogP contribution in [0.3, 0.4) is 0 Å². The van der Waals surface area contributed by atoms with Gasteiger partial charge in [0, 0.05) is 6.04 Å². The second-order valence-corrected chi connectivity index (χ2v) is 3.07. The molecule has 0 bridgehead atoms. The van der Waals surface area contributed by atoms with Crippen molar-refractivity contribution in [2.24, 2.45) is 5.73 Å². The zero-order valence-corrected chi connectivity index (χ0v) is 7.09. The van der Waals surface area contributed by atoms with Gasteiger partial charge in [-0.15, -0.1) is 0 Å². The summed E-state index contributed by atoms with van der Waals surface area (Å²) in [4.78, 5) is 12.4. The van der Waals surface area contributed by atoms with E-state index < -0.39 is 11.7 Å². The van der Waals surface area contributed by atoms with Crippen molar-refractivity contribution in [1.82, 2.24) is 4.90 Å². The molecule has 4 heteroatoms. The lowest BCUT2D eigenvalue weighted by atomic mass is 10.2. The fourth-order valence-corrected chi connectivity index (χ4v) is 1.40. The number of likely N-dealkylation sites (N-methyl/N-ethyl adjacent to an activating group) is 1. The van der Waals surface area contributed by atoms with Crippen molar-refractivity contribution in [2.45, 2.75) is 18.9 Å². The summed E-state index contributed by atoms with van der Waals surface area (Å²) >= 11 is 0. The Bertz CT molecular complexity index is 215.